The van der Waals surface area contributed by atoms with E-state index in [9.17, 15) is 9.18 Å². The second-order valence-corrected chi connectivity index (χ2v) is 8.65. The predicted octanol–water partition coefficient (Wildman–Crippen LogP) is 5.15. The molecule has 1 aliphatic carbocycles. The van der Waals surface area contributed by atoms with Gasteiger partial charge in [0.2, 0.25) is 0 Å². The lowest BCUT2D eigenvalue weighted by Crippen LogP contribution is -2.38. The number of carbonyl (C=O) groups is 1. The number of piperidine rings is 1. The van der Waals surface area contributed by atoms with Gasteiger partial charge in [-0.25, -0.2) is 4.39 Å². The Morgan fingerprint density at radius 2 is 1.83 bits per heavy atom. The Hall–Kier alpha value is -1.82. The monoisotopic (exact) mass is 436 g/mol. The normalized spacial score (nSPS) is 18.0. The first-order valence-corrected chi connectivity index (χ1v) is 10.6. The molecule has 2 aromatic carbocycles. The number of hydrogen-bond donors (Lipinski definition) is 1. The van der Waals surface area contributed by atoms with Crippen molar-refractivity contribution in [2.75, 3.05) is 13.1 Å². The van der Waals surface area contributed by atoms with Gasteiger partial charge in [-0.15, -0.1) is 0 Å². The van der Waals surface area contributed by atoms with Gasteiger partial charge in [0, 0.05) is 25.7 Å². The summed E-state index contributed by atoms with van der Waals surface area (Å²) in [5, 5.41) is 0.991. The zero-order chi connectivity index (χ0) is 20.5. The maximum atomic E-state index is 14.3. The van der Waals surface area contributed by atoms with Gasteiger partial charge in [-0.05, 0) is 67.0 Å². The number of rotatable bonds is 6. The lowest BCUT2D eigenvalue weighted by Gasteiger charge is -2.32. The molecule has 2 aromatic rings. The summed E-state index contributed by atoms with van der Waals surface area (Å²) in [4.78, 5) is 13.8. The molecule has 2 N–H and O–H groups in total. The molecule has 0 radical (unpaired) electrons. The summed E-state index contributed by atoms with van der Waals surface area (Å²) in [6, 6.07) is 8.45. The average Bonchev–Trinajstić information content (AvgIpc) is 3.51. The molecular weight excluding hydrogens is 414 g/mol. The second kappa shape index (κ2) is 8.50. The van der Waals surface area contributed by atoms with Crippen LogP contribution < -0.4 is 10.5 Å². The van der Waals surface area contributed by atoms with Crippen LogP contribution in [0.3, 0.4) is 0 Å². The van der Waals surface area contributed by atoms with Gasteiger partial charge in [0.25, 0.3) is 5.91 Å². The van der Waals surface area contributed by atoms with Gasteiger partial charge in [0.1, 0.15) is 17.7 Å². The number of hydrogen-bond acceptors (Lipinski definition) is 3. The number of carbonyl (C=O) groups excluding carboxylic acids is 1. The first kappa shape index (κ1) is 20.5. The van der Waals surface area contributed by atoms with Gasteiger partial charge < -0.3 is 10.5 Å². The van der Waals surface area contributed by atoms with Crippen LogP contribution in [0, 0.1) is 5.82 Å². The van der Waals surface area contributed by atoms with Crippen LogP contribution in [0.2, 0.25) is 10.0 Å². The van der Waals surface area contributed by atoms with Crippen molar-refractivity contribution in [2.45, 2.75) is 44.2 Å². The van der Waals surface area contributed by atoms with Crippen molar-refractivity contribution >= 4 is 29.1 Å². The zero-order valence-electron chi connectivity index (χ0n) is 16.0. The smallest absolute Gasteiger partial charge is 0.251 e. The molecule has 1 heterocycles. The van der Waals surface area contributed by atoms with Crippen LogP contribution in [0.4, 0.5) is 4.39 Å². The lowest BCUT2D eigenvalue weighted by atomic mass is 9.97. The maximum Gasteiger partial charge on any atom is 0.251 e. The van der Waals surface area contributed by atoms with Crippen molar-refractivity contribution in [1.29, 1.82) is 0 Å². The molecule has 0 unspecified atom stereocenters. The van der Waals surface area contributed by atoms with Crippen molar-refractivity contribution in [3.05, 3.63) is 62.9 Å². The van der Waals surface area contributed by atoms with E-state index >= 15 is 0 Å². The van der Waals surface area contributed by atoms with E-state index in [-0.39, 0.29) is 11.7 Å². The molecule has 1 aliphatic heterocycles. The van der Waals surface area contributed by atoms with Crippen LogP contribution in [-0.4, -0.2) is 30.0 Å². The minimum absolute atomic E-state index is 0.00983. The van der Waals surface area contributed by atoms with E-state index in [1.807, 2.05) is 6.07 Å². The number of likely N-dealkylation sites (tertiary alicyclic amines) is 1. The van der Waals surface area contributed by atoms with E-state index in [0.717, 1.165) is 55.6 Å². The number of halogens is 3. The van der Waals surface area contributed by atoms with Crippen LogP contribution in [0.15, 0.2) is 30.3 Å². The van der Waals surface area contributed by atoms with Crippen molar-refractivity contribution in [3.8, 4) is 5.75 Å². The van der Waals surface area contributed by atoms with E-state index in [2.05, 4.69) is 4.90 Å². The van der Waals surface area contributed by atoms with E-state index in [1.54, 1.807) is 18.2 Å². The molecule has 0 bridgehead atoms. The van der Waals surface area contributed by atoms with Crippen LogP contribution in [0.5, 0.6) is 5.75 Å². The molecule has 0 atom stereocenters. The molecule has 1 saturated heterocycles. The molecule has 154 valence electrons. The lowest BCUT2D eigenvalue weighted by molar-refractivity contribution is 0.0964. The number of primary amides is 1. The third kappa shape index (κ3) is 4.85. The first-order chi connectivity index (χ1) is 13.9. The van der Waals surface area contributed by atoms with Crippen molar-refractivity contribution in [1.82, 2.24) is 4.90 Å². The number of nitrogens with zero attached hydrogens (tertiary/aromatic N) is 1. The number of benzene rings is 2. The third-order valence-electron chi connectivity index (χ3n) is 5.63. The SMILES string of the molecule is NC(=O)c1cc(C2CC2)c(CN2CCC(Oc3ccc(Cl)c(Cl)c3)CC2)cc1F. The van der Waals surface area contributed by atoms with E-state index in [0.29, 0.717) is 22.5 Å². The molecule has 4 nitrogen and oxygen atoms in total. The summed E-state index contributed by atoms with van der Waals surface area (Å²) >= 11 is 12.0. The molecule has 4 rings (SSSR count). The van der Waals surface area contributed by atoms with Crippen LogP contribution in [-0.2, 0) is 6.54 Å². The molecule has 2 fully saturated rings. The fraction of sp³-hybridized carbons (Fsp3) is 0.409. The van der Waals surface area contributed by atoms with Gasteiger partial charge in [-0.3, -0.25) is 9.69 Å². The minimum atomic E-state index is -0.712. The summed E-state index contributed by atoms with van der Waals surface area (Å²) in [6.45, 7) is 2.38. The summed E-state index contributed by atoms with van der Waals surface area (Å²) in [6.07, 6.45) is 4.02. The van der Waals surface area contributed by atoms with Crippen molar-refractivity contribution in [2.24, 2.45) is 5.73 Å². The van der Waals surface area contributed by atoms with Gasteiger partial charge in [0.05, 0.1) is 15.6 Å². The average molecular weight is 437 g/mol. The minimum Gasteiger partial charge on any atom is -0.490 e. The maximum absolute atomic E-state index is 14.3. The van der Waals surface area contributed by atoms with Gasteiger partial charge in [-0.1, -0.05) is 23.2 Å². The Balaban J connectivity index is 1.39. The van der Waals surface area contributed by atoms with E-state index < -0.39 is 11.7 Å². The van der Waals surface area contributed by atoms with Crippen LogP contribution in [0.25, 0.3) is 0 Å². The number of amides is 1. The highest BCUT2D eigenvalue weighted by Gasteiger charge is 2.29. The molecule has 29 heavy (non-hydrogen) atoms. The predicted molar refractivity (Wildman–Crippen MR) is 112 cm³/mol. The highest BCUT2D eigenvalue weighted by Crippen LogP contribution is 2.43. The quantitative estimate of drug-likeness (QED) is 0.680. The van der Waals surface area contributed by atoms with E-state index in [1.165, 1.54) is 6.07 Å². The molecule has 0 aromatic heterocycles. The Bertz CT molecular complexity index is 925. The van der Waals surface area contributed by atoms with Crippen LogP contribution in [0.1, 0.15) is 53.1 Å². The summed E-state index contributed by atoms with van der Waals surface area (Å²) in [5.74, 6) is -0.108. The van der Waals surface area contributed by atoms with E-state index in [4.69, 9.17) is 33.7 Å². The molecule has 1 amide bonds. The molecule has 1 saturated carbocycles. The first-order valence-electron chi connectivity index (χ1n) is 9.87. The Morgan fingerprint density at radius 3 is 2.45 bits per heavy atom. The number of nitrogens with two attached hydrogens (primary N) is 1. The summed E-state index contributed by atoms with van der Waals surface area (Å²) in [7, 11) is 0. The topological polar surface area (TPSA) is 55.6 Å². The molecular formula is C22H23Cl2FN2O2. The molecule has 7 heteroatoms. The van der Waals surface area contributed by atoms with Gasteiger partial charge >= 0.3 is 0 Å². The largest absolute Gasteiger partial charge is 0.490 e. The molecule has 2 aliphatic rings. The van der Waals surface area contributed by atoms with Crippen molar-refractivity contribution < 1.29 is 13.9 Å². The van der Waals surface area contributed by atoms with Gasteiger partial charge in [0.15, 0.2) is 0 Å². The fourth-order valence-electron chi connectivity index (χ4n) is 3.90. The standard InChI is InChI=1S/C22H23Cl2FN2O2/c23-19-4-3-16(10-20(19)24)29-15-5-7-27(8-6-15)12-14-9-21(25)18(22(26)28)11-17(14)13-1-2-13/h3-4,9-11,13,15H,1-2,5-8,12H2,(H2,26,28). The van der Waals surface area contributed by atoms with Crippen molar-refractivity contribution in [3.63, 3.8) is 0 Å². The summed E-state index contributed by atoms with van der Waals surface area (Å²) < 4.78 is 20.4. The third-order valence-corrected chi connectivity index (χ3v) is 6.37. The Morgan fingerprint density at radius 1 is 1.10 bits per heavy atom. The Labute approximate surface area is 179 Å². The van der Waals surface area contributed by atoms with Gasteiger partial charge in [-0.2, -0.15) is 0 Å². The van der Waals surface area contributed by atoms with Crippen LogP contribution >= 0.6 is 23.2 Å². The number of ether oxygens (including phenoxy) is 1. The Kier molecular flexibility index (Phi) is 6.00. The summed E-state index contributed by atoms with van der Waals surface area (Å²) in [5.41, 5.74) is 7.33. The highest BCUT2D eigenvalue weighted by molar-refractivity contribution is 6.42. The highest BCUT2D eigenvalue weighted by atomic mass is 35.5. The fourth-order valence-corrected chi connectivity index (χ4v) is 4.19. The molecule has 0 spiro atoms. The zero-order valence-corrected chi connectivity index (χ0v) is 17.5. The second-order valence-electron chi connectivity index (χ2n) is 7.84.